The third kappa shape index (κ3) is 9.29. The average Bonchev–Trinajstić information content (AvgIpc) is 3.51. The number of carbonyl (C=O) groups excluding carboxylic acids is 3. The van der Waals surface area contributed by atoms with Gasteiger partial charge >= 0.3 is 12.1 Å². The van der Waals surface area contributed by atoms with Crippen molar-refractivity contribution in [1.29, 1.82) is 0 Å². The van der Waals surface area contributed by atoms with Gasteiger partial charge in [0.1, 0.15) is 23.1 Å². The smallest absolute Gasteiger partial charge is 0.421 e. The Bertz CT molecular complexity index is 2220. The van der Waals surface area contributed by atoms with E-state index < -0.39 is 32.8 Å². The van der Waals surface area contributed by atoms with Crippen LogP contribution in [0.25, 0.3) is 11.1 Å². The first-order valence-corrected chi connectivity index (χ1v) is 19.4. The van der Waals surface area contributed by atoms with Gasteiger partial charge in [0.25, 0.3) is 10.0 Å². The molecular weight excluding hydrogens is 710 g/mol. The number of rotatable bonds is 16. The highest BCUT2D eigenvalue weighted by molar-refractivity contribution is 7.90. The van der Waals surface area contributed by atoms with Crippen LogP contribution in [0, 0.1) is 11.7 Å². The van der Waals surface area contributed by atoms with Gasteiger partial charge in [0, 0.05) is 34.2 Å². The number of benzene rings is 4. The monoisotopic (exact) mass is 753 g/mol. The Morgan fingerprint density at radius 3 is 2.19 bits per heavy atom. The molecule has 0 bridgehead atoms. The molecule has 0 radical (unpaired) electrons. The molecule has 0 aliphatic heterocycles. The molecule has 1 aromatic heterocycles. The number of aryl methyl sites for hydroxylation is 2. The molecule has 0 fully saturated rings. The van der Waals surface area contributed by atoms with Crippen molar-refractivity contribution >= 4 is 27.9 Å². The molecule has 0 atom stereocenters. The number of nitrogens with zero attached hydrogens (tertiary/aromatic N) is 2. The van der Waals surface area contributed by atoms with E-state index in [1.807, 2.05) is 38.5 Å². The van der Waals surface area contributed by atoms with E-state index in [4.69, 9.17) is 14.5 Å². The highest BCUT2D eigenvalue weighted by Crippen LogP contribution is 2.33. The van der Waals surface area contributed by atoms with Crippen molar-refractivity contribution in [2.45, 2.75) is 71.4 Å². The SMILES string of the molecule is CCCc1nc(CC)c(C(=O)OCc2ccccc2C(=O)c2ccccc2)n1Cc1ccc(-c2ccccc2)c(S(=O)(=O)NC(=O)OCCC(C)C)c1F. The number of hydrogen-bond donors (Lipinski definition) is 1. The van der Waals surface area contributed by atoms with Crippen LogP contribution in [0.1, 0.15) is 89.6 Å². The van der Waals surface area contributed by atoms with Gasteiger partial charge in [0.05, 0.1) is 18.8 Å². The van der Waals surface area contributed by atoms with E-state index in [1.165, 1.54) is 12.1 Å². The highest BCUT2D eigenvalue weighted by Gasteiger charge is 2.31. The number of halogens is 1. The fourth-order valence-corrected chi connectivity index (χ4v) is 7.24. The maximum atomic E-state index is 16.8. The molecule has 1 heterocycles. The lowest BCUT2D eigenvalue weighted by Crippen LogP contribution is -2.32. The predicted octanol–water partition coefficient (Wildman–Crippen LogP) is 8.30. The zero-order chi connectivity index (χ0) is 38.8. The first kappa shape index (κ1) is 39.6. The maximum Gasteiger partial charge on any atom is 0.421 e. The average molecular weight is 754 g/mol. The molecule has 0 unspecified atom stereocenters. The number of carbonyl (C=O) groups is 3. The van der Waals surface area contributed by atoms with Crippen LogP contribution in [0.15, 0.2) is 102 Å². The maximum absolute atomic E-state index is 16.8. The molecule has 12 heteroatoms. The fourth-order valence-electron chi connectivity index (χ4n) is 6.01. The van der Waals surface area contributed by atoms with Gasteiger partial charge in [-0.1, -0.05) is 125 Å². The van der Waals surface area contributed by atoms with E-state index in [1.54, 1.807) is 83.4 Å². The Morgan fingerprint density at radius 1 is 0.852 bits per heavy atom. The van der Waals surface area contributed by atoms with Gasteiger partial charge in [-0.05, 0) is 30.7 Å². The van der Waals surface area contributed by atoms with Crippen molar-refractivity contribution in [2.24, 2.45) is 5.92 Å². The summed E-state index contributed by atoms with van der Waals surface area (Å²) in [5.74, 6) is -1.35. The number of ether oxygens (including phenoxy) is 2. The van der Waals surface area contributed by atoms with E-state index in [0.717, 1.165) is 0 Å². The summed E-state index contributed by atoms with van der Waals surface area (Å²) in [6, 6.07) is 27.0. The molecule has 0 saturated carbocycles. The highest BCUT2D eigenvalue weighted by atomic mass is 32.2. The van der Waals surface area contributed by atoms with Crippen molar-refractivity contribution in [3.63, 3.8) is 0 Å². The largest absolute Gasteiger partial charge is 0.456 e. The Morgan fingerprint density at radius 2 is 1.52 bits per heavy atom. The first-order chi connectivity index (χ1) is 25.9. The normalized spacial score (nSPS) is 11.4. The number of hydrogen-bond acceptors (Lipinski definition) is 8. The van der Waals surface area contributed by atoms with Gasteiger partial charge in [-0.3, -0.25) is 4.79 Å². The molecule has 0 aliphatic rings. The molecular formula is C42H44FN3O7S. The fraction of sp³-hybridized carbons (Fsp3) is 0.286. The number of nitrogens with one attached hydrogen (secondary N) is 1. The van der Waals surface area contributed by atoms with E-state index in [0.29, 0.717) is 59.5 Å². The summed E-state index contributed by atoms with van der Waals surface area (Å²) in [5, 5.41) is 0. The van der Waals surface area contributed by atoms with Crippen molar-refractivity contribution in [3.05, 3.63) is 142 Å². The minimum Gasteiger partial charge on any atom is -0.456 e. The number of imidazole rings is 1. The van der Waals surface area contributed by atoms with Gasteiger partial charge < -0.3 is 14.0 Å². The van der Waals surface area contributed by atoms with Crippen LogP contribution in [0.2, 0.25) is 0 Å². The molecule has 0 spiro atoms. The van der Waals surface area contributed by atoms with Crippen LogP contribution in [-0.4, -0.2) is 42.4 Å². The topological polar surface area (TPSA) is 134 Å². The zero-order valence-corrected chi connectivity index (χ0v) is 31.6. The first-order valence-electron chi connectivity index (χ1n) is 17.9. The second-order valence-corrected chi connectivity index (χ2v) is 14.8. The summed E-state index contributed by atoms with van der Waals surface area (Å²) < 4.78 is 58.7. The predicted molar refractivity (Wildman–Crippen MR) is 203 cm³/mol. The number of sulfonamides is 1. The summed E-state index contributed by atoms with van der Waals surface area (Å²) in [6.45, 7) is 7.14. The van der Waals surface area contributed by atoms with Gasteiger partial charge in [0.2, 0.25) is 0 Å². The van der Waals surface area contributed by atoms with Gasteiger partial charge in [0.15, 0.2) is 11.5 Å². The Balaban J connectivity index is 1.51. The van der Waals surface area contributed by atoms with Crippen LogP contribution in [0.3, 0.4) is 0 Å². The molecule has 0 saturated heterocycles. The number of ketones is 1. The summed E-state index contributed by atoms with van der Waals surface area (Å²) in [4.78, 5) is 43.9. The van der Waals surface area contributed by atoms with Crippen molar-refractivity contribution in [3.8, 4) is 11.1 Å². The van der Waals surface area contributed by atoms with Crippen LogP contribution < -0.4 is 4.72 Å². The second kappa shape index (κ2) is 17.9. The van der Waals surface area contributed by atoms with Crippen LogP contribution in [-0.2, 0) is 45.5 Å². The molecule has 1 N–H and O–H groups in total. The van der Waals surface area contributed by atoms with Crippen molar-refractivity contribution in [2.75, 3.05) is 6.61 Å². The minimum atomic E-state index is -4.79. The Kier molecular flexibility index (Phi) is 13.1. The number of amides is 1. The standard InChI is InChI=1S/C42H44FN3O7S/c1-5-15-36-44-35(6-2)38(41(48)53-27-32-20-13-14-21-33(32)39(47)30-18-11-8-12-19-30)46(36)26-31-22-23-34(29-16-9-7-10-17-29)40(37(31)43)54(50,51)45-42(49)52-25-24-28(3)4/h7-14,16-23,28H,5-6,15,24-27H2,1-4H3,(H,45,49). The van der Waals surface area contributed by atoms with E-state index >= 15 is 4.39 Å². The third-order valence-electron chi connectivity index (χ3n) is 8.78. The lowest BCUT2D eigenvalue weighted by Gasteiger charge is -2.18. The van der Waals surface area contributed by atoms with Crippen LogP contribution in [0.5, 0.6) is 0 Å². The molecule has 4 aromatic carbocycles. The summed E-state index contributed by atoms with van der Waals surface area (Å²) >= 11 is 0. The van der Waals surface area contributed by atoms with Gasteiger partial charge in [-0.25, -0.2) is 32.1 Å². The van der Waals surface area contributed by atoms with Crippen molar-refractivity contribution in [1.82, 2.24) is 14.3 Å². The molecule has 0 aliphatic carbocycles. The van der Waals surface area contributed by atoms with Crippen LogP contribution >= 0.6 is 0 Å². The molecule has 5 aromatic rings. The molecule has 54 heavy (non-hydrogen) atoms. The van der Waals surface area contributed by atoms with Crippen molar-refractivity contribution < 1.29 is 36.7 Å². The van der Waals surface area contributed by atoms with E-state index in [9.17, 15) is 22.8 Å². The number of esters is 1. The lowest BCUT2D eigenvalue weighted by atomic mass is 9.99. The molecule has 1 amide bonds. The van der Waals surface area contributed by atoms with Crippen LogP contribution in [0.4, 0.5) is 9.18 Å². The Hall–Kier alpha value is -5.62. The van der Waals surface area contributed by atoms with Gasteiger partial charge in [-0.2, -0.15) is 0 Å². The quantitative estimate of drug-likeness (QED) is 0.0786. The summed E-state index contributed by atoms with van der Waals surface area (Å²) in [6.07, 6.45) is 0.744. The second-order valence-electron chi connectivity index (χ2n) is 13.1. The molecule has 282 valence electrons. The lowest BCUT2D eigenvalue weighted by molar-refractivity contribution is 0.0456. The number of aromatic nitrogens is 2. The Labute approximate surface area is 315 Å². The van der Waals surface area contributed by atoms with E-state index in [2.05, 4.69) is 0 Å². The third-order valence-corrected chi connectivity index (χ3v) is 10.2. The van der Waals surface area contributed by atoms with Gasteiger partial charge in [-0.15, -0.1) is 0 Å². The molecule has 5 rings (SSSR count). The summed E-state index contributed by atoms with van der Waals surface area (Å²) in [5.41, 5.74) is 2.29. The minimum absolute atomic E-state index is 0.0124. The molecule has 10 nitrogen and oxygen atoms in total. The summed E-state index contributed by atoms with van der Waals surface area (Å²) in [7, 11) is -4.79. The van der Waals surface area contributed by atoms with E-state index in [-0.39, 0.29) is 48.3 Å². The zero-order valence-electron chi connectivity index (χ0n) is 30.8.